The number of nitrogens with zero attached hydrogens (tertiary/aromatic N) is 12. The number of amides is 2. The average molecular weight is 1230 g/mol. The van der Waals surface area contributed by atoms with E-state index in [0.29, 0.717) is 72.7 Å². The van der Waals surface area contributed by atoms with E-state index in [1.54, 1.807) is 18.2 Å². The smallest absolute Gasteiger partial charge is 0.264 e. The molecule has 2 saturated heterocycles. The van der Waals surface area contributed by atoms with Crippen LogP contribution in [0.15, 0.2) is 206 Å². The summed E-state index contributed by atoms with van der Waals surface area (Å²) in [6, 6.07) is 61.7. The lowest BCUT2D eigenvalue weighted by atomic mass is 10.1. The van der Waals surface area contributed by atoms with E-state index in [2.05, 4.69) is 130 Å². The quantitative estimate of drug-likeness (QED) is 0.0725. The van der Waals surface area contributed by atoms with E-state index in [0.717, 1.165) is 96.4 Å². The molecule has 2 aliphatic rings. The highest BCUT2D eigenvalue weighted by atomic mass is 35.5. The number of thiophene rings is 2. The molecule has 0 saturated carbocycles. The van der Waals surface area contributed by atoms with Crippen LogP contribution in [0.4, 0.5) is 27.1 Å². The molecule has 2 amide bonds. The van der Waals surface area contributed by atoms with Crippen LogP contribution >= 0.6 is 34.3 Å². The number of benzene rings is 6. The van der Waals surface area contributed by atoms with Crippen LogP contribution in [0.5, 0.6) is 0 Å². The number of rotatable bonds is 20. The van der Waals surface area contributed by atoms with Gasteiger partial charge in [-0.15, -0.1) is 22.7 Å². The molecule has 0 aliphatic carbocycles. The van der Waals surface area contributed by atoms with Gasteiger partial charge in [0.2, 0.25) is 0 Å². The molecule has 6 heterocycles. The van der Waals surface area contributed by atoms with Gasteiger partial charge in [0.15, 0.2) is 0 Å². The van der Waals surface area contributed by atoms with Gasteiger partial charge in [0.25, 0.3) is 11.8 Å². The minimum atomic E-state index is -0.254. The zero-order chi connectivity index (χ0) is 60.6. The van der Waals surface area contributed by atoms with Crippen molar-refractivity contribution in [2.24, 2.45) is 0 Å². The van der Waals surface area contributed by atoms with Crippen LogP contribution in [0.3, 0.4) is 0 Å². The number of aromatic nitrogens is 4. The molecule has 18 heteroatoms. The lowest BCUT2D eigenvalue weighted by molar-refractivity contribution is 0.0744. The minimum Gasteiger partial charge on any atom is -0.368 e. The fourth-order valence-electron chi connectivity index (χ4n) is 11.1. The predicted octanol–water partition coefficient (Wildman–Crippen LogP) is 13.3. The van der Waals surface area contributed by atoms with E-state index in [9.17, 15) is 14.0 Å². The van der Waals surface area contributed by atoms with Gasteiger partial charge in [0.1, 0.15) is 5.82 Å². The number of nitriles is 2. The van der Waals surface area contributed by atoms with Crippen LogP contribution < -0.4 is 19.6 Å². The number of hydrogen-bond donors (Lipinski definition) is 0. The van der Waals surface area contributed by atoms with Gasteiger partial charge in [-0.3, -0.25) is 9.59 Å². The number of piperazine rings is 2. The Bertz CT molecular complexity index is 3960. The number of hydrogen-bond acceptors (Lipinski definition) is 12. The third kappa shape index (κ3) is 15.7. The first-order valence-electron chi connectivity index (χ1n) is 29.4. The lowest BCUT2D eigenvalue weighted by Gasteiger charge is -2.36. The van der Waals surface area contributed by atoms with Gasteiger partial charge < -0.3 is 38.5 Å². The highest BCUT2D eigenvalue weighted by Crippen LogP contribution is 2.29. The van der Waals surface area contributed by atoms with Gasteiger partial charge >= 0.3 is 0 Å². The third-order valence-electron chi connectivity index (χ3n) is 16.0. The molecule has 10 aromatic rings. The van der Waals surface area contributed by atoms with Gasteiger partial charge in [-0.1, -0.05) is 84.4 Å². The summed E-state index contributed by atoms with van der Waals surface area (Å²) in [6.07, 6.45) is 9.57. The molecule has 4 aromatic heterocycles. The molecule has 6 aromatic carbocycles. The zero-order valence-electron chi connectivity index (χ0n) is 48.7. The van der Waals surface area contributed by atoms with Crippen LogP contribution in [0, 0.1) is 28.5 Å². The summed E-state index contributed by atoms with van der Waals surface area (Å²) in [4.78, 5) is 49.2. The molecule has 0 unspecified atom stereocenters. The number of anilines is 4. The first-order valence-corrected chi connectivity index (χ1v) is 31.5. The monoisotopic (exact) mass is 1220 g/mol. The van der Waals surface area contributed by atoms with Gasteiger partial charge in [-0.2, -0.15) is 10.5 Å². The predicted molar refractivity (Wildman–Crippen MR) is 350 cm³/mol. The van der Waals surface area contributed by atoms with E-state index in [-0.39, 0.29) is 17.6 Å². The number of halogens is 2. The van der Waals surface area contributed by atoms with Gasteiger partial charge in [0.05, 0.1) is 74.5 Å². The summed E-state index contributed by atoms with van der Waals surface area (Å²) >= 11 is 8.87. The highest BCUT2D eigenvalue weighted by molar-refractivity contribution is 7.18. The molecule has 0 bridgehead atoms. The fraction of sp³-hybridized carbons (Fsp3) is 0.229. The summed E-state index contributed by atoms with van der Waals surface area (Å²) < 4.78 is 19.0. The topological polar surface area (TPSA) is 137 Å². The molecule has 0 N–H and O–H groups in total. The second-order valence-corrected chi connectivity index (χ2v) is 24.5. The van der Waals surface area contributed by atoms with Crippen LogP contribution in [-0.2, 0) is 39.1 Å². The maximum atomic E-state index is 14.1. The Morgan fingerprint density at radius 3 is 1.56 bits per heavy atom. The Kier molecular flexibility index (Phi) is 20.0. The molecule has 2 fully saturated rings. The van der Waals surface area contributed by atoms with E-state index >= 15 is 0 Å². The Balaban J connectivity index is 0.000000182. The van der Waals surface area contributed by atoms with Crippen molar-refractivity contribution >= 4 is 68.8 Å². The van der Waals surface area contributed by atoms with Crippen molar-refractivity contribution in [3.8, 4) is 12.1 Å². The standard InChI is InChI=1S/C36H35ClN6OS.C34H31FN6OS/c37-35-17-16-34(45-35)36(44)41-21-19-40(20-22-41)31-12-14-32(15-13-31)42(18-4-7-28-5-2-1-3-6-28)26-33-24-39-27-43(33)25-30-10-8-29(23-38)9-11-30;35-29-4-1-3-28(19-29)23-40(24-32-21-37-25-41(32)22-27-8-6-26(20-36)7-9-27)31-12-10-30(11-13-31)38-14-16-39(17-15-38)34(42)33-5-2-18-43-33/h1-3,5-6,8-17,24,27H,4,7,18-22,25-26H2;1-13,18-19,21,25H,14-17,22-24H2. The van der Waals surface area contributed by atoms with Crippen molar-refractivity contribution in [2.75, 3.05) is 78.5 Å². The molecule has 0 atom stereocenters. The van der Waals surface area contributed by atoms with Crippen molar-refractivity contribution in [2.45, 2.75) is 45.6 Å². The first kappa shape index (κ1) is 60.2. The van der Waals surface area contributed by atoms with Crippen molar-refractivity contribution in [3.63, 3.8) is 0 Å². The molecule has 444 valence electrons. The van der Waals surface area contributed by atoms with Crippen molar-refractivity contribution in [3.05, 3.63) is 271 Å². The SMILES string of the molecule is N#Cc1ccc(Cn2cncc2CN(CCCc2ccccc2)c2ccc(N3CCN(C(=O)c4ccc(Cl)s4)CC3)cc2)cc1.N#Cc1ccc(Cn2cncc2CN(Cc2cccc(F)c2)c2ccc(N3CCN(C(=O)c4cccs4)CC3)cc2)cc1. The van der Waals surface area contributed by atoms with E-state index < -0.39 is 0 Å². The Labute approximate surface area is 526 Å². The summed E-state index contributed by atoms with van der Waals surface area (Å²) in [6.45, 7) is 9.96. The average Bonchev–Trinajstić information content (AvgIpc) is 3.92. The number of aryl methyl sites for hydroxylation is 1. The Hall–Kier alpha value is -9.52. The number of carbonyl (C=O) groups is 2. The number of imidazole rings is 2. The van der Waals surface area contributed by atoms with Crippen molar-refractivity contribution in [1.29, 1.82) is 10.5 Å². The maximum Gasteiger partial charge on any atom is 0.264 e. The Morgan fingerprint density at radius 2 is 1.06 bits per heavy atom. The molecular formula is C70H66ClFN12O2S2. The number of carbonyl (C=O) groups excluding carboxylic acids is 2. The van der Waals surface area contributed by atoms with Crippen molar-refractivity contribution in [1.82, 2.24) is 28.9 Å². The van der Waals surface area contributed by atoms with E-state index in [4.69, 9.17) is 22.1 Å². The first-order chi connectivity index (χ1) is 43.1. The summed E-state index contributed by atoms with van der Waals surface area (Å²) in [5.41, 5.74) is 12.4. The lowest BCUT2D eigenvalue weighted by Crippen LogP contribution is -2.48. The largest absolute Gasteiger partial charge is 0.368 e. The second-order valence-electron chi connectivity index (χ2n) is 21.8. The second kappa shape index (κ2) is 29.2. The molecule has 2 aliphatic heterocycles. The van der Waals surface area contributed by atoms with Crippen LogP contribution in [0.25, 0.3) is 0 Å². The van der Waals surface area contributed by atoms with Crippen LogP contribution in [-0.4, -0.2) is 99.6 Å². The maximum absolute atomic E-state index is 14.1. The van der Waals surface area contributed by atoms with E-state index in [1.807, 2.05) is 113 Å². The van der Waals surface area contributed by atoms with Crippen molar-refractivity contribution < 1.29 is 14.0 Å². The zero-order valence-corrected chi connectivity index (χ0v) is 51.1. The minimum absolute atomic E-state index is 0.0615. The van der Waals surface area contributed by atoms with Crippen LogP contribution in [0.2, 0.25) is 4.34 Å². The molecule has 88 heavy (non-hydrogen) atoms. The third-order valence-corrected chi connectivity index (χ3v) is 18.1. The Morgan fingerprint density at radius 1 is 0.534 bits per heavy atom. The molecule has 12 rings (SSSR count). The molecule has 0 spiro atoms. The van der Waals surface area contributed by atoms with Gasteiger partial charge in [0, 0.05) is 114 Å². The molecule has 0 radical (unpaired) electrons. The van der Waals surface area contributed by atoms with Gasteiger partial charge in [-0.25, -0.2) is 14.4 Å². The van der Waals surface area contributed by atoms with E-state index in [1.165, 1.54) is 45.7 Å². The van der Waals surface area contributed by atoms with Gasteiger partial charge in [-0.05, 0) is 144 Å². The van der Waals surface area contributed by atoms with Crippen LogP contribution in [0.1, 0.15) is 70.5 Å². The fourth-order valence-corrected chi connectivity index (χ4v) is 12.8. The molecular weight excluding hydrogens is 1160 g/mol. The normalized spacial score (nSPS) is 13.1. The molecule has 14 nitrogen and oxygen atoms in total. The summed E-state index contributed by atoms with van der Waals surface area (Å²) in [7, 11) is 0. The highest BCUT2D eigenvalue weighted by Gasteiger charge is 2.26. The summed E-state index contributed by atoms with van der Waals surface area (Å²) in [5.74, 6) is -0.0850. The summed E-state index contributed by atoms with van der Waals surface area (Å²) in [5, 5.41) is 20.2.